The molecule has 0 spiro atoms. The predicted molar refractivity (Wildman–Crippen MR) is 117 cm³/mol. The predicted octanol–water partition coefficient (Wildman–Crippen LogP) is 1.69. The zero-order chi connectivity index (χ0) is 19.8. The monoisotopic (exact) mass is 401 g/mol. The van der Waals surface area contributed by atoms with Crippen LogP contribution in [0.25, 0.3) is 0 Å². The molecular weight excluding hydrogens is 372 g/mol. The second-order valence-electron chi connectivity index (χ2n) is 7.35. The van der Waals surface area contributed by atoms with Gasteiger partial charge in [-0.2, -0.15) is 0 Å². The van der Waals surface area contributed by atoms with Crippen LogP contribution >= 0.6 is 11.6 Å². The second-order valence-corrected chi connectivity index (χ2v) is 7.79. The van der Waals surface area contributed by atoms with Crippen molar-refractivity contribution in [1.29, 1.82) is 0 Å². The smallest absolute Gasteiger partial charge is 0.275 e. The van der Waals surface area contributed by atoms with Crippen LogP contribution in [-0.4, -0.2) is 58.8 Å². The molecule has 2 N–H and O–H groups in total. The fourth-order valence-electron chi connectivity index (χ4n) is 3.58. The van der Waals surface area contributed by atoms with Gasteiger partial charge in [-0.1, -0.05) is 35.9 Å². The van der Waals surface area contributed by atoms with Crippen molar-refractivity contribution in [3.63, 3.8) is 0 Å². The molecule has 150 valence electrons. The lowest BCUT2D eigenvalue weighted by molar-refractivity contribution is -0.892. The van der Waals surface area contributed by atoms with E-state index in [-0.39, 0.29) is 5.91 Å². The Morgan fingerprint density at radius 2 is 1.89 bits per heavy atom. The Labute approximate surface area is 172 Å². The highest BCUT2D eigenvalue weighted by Gasteiger charge is 2.22. The van der Waals surface area contributed by atoms with Gasteiger partial charge in [0.1, 0.15) is 0 Å². The number of rotatable bonds is 8. The normalized spacial score (nSPS) is 14.7. The lowest BCUT2D eigenvalue weighted by atomic mass is 10.2. The van der Waals surface area contributed by atoms with Gasteiger partial charge < -0.3 is 20.0 Å². The molecule has 1 heterocycles. The highest BCUT2D eigenvalue weighted by molar-refractivity contribution is 6.30. The van der Waals surface area contributed by atoms with Crippen LogP contribution in [0, 0.1) is 0 Å². The van der Waals surface area contributed by atoms with Gasteiger partial charge >= 0.3 is 0 Å². The molecule has 1 aliphatic rings. The lowest BCUT2D eigenvalue weighted by Gasteiger charge is -2.33. The maximum atomic E-state index is 12.2. The first-order chi connectivity index (χ1) is 13.6. The van der Waals surface area contributed by atoms with E-state index in [2.05, 4.69) is 40.4 Å². The van der Waals surface area contributed by atoms with Crippen LogP contribution in [0.15, 0.2) is 54.6 Å². The highest BCUT2D eigenvalue weighted by atomic mass is 35.5. The van der Waals surface area contributed by atoms with Crippen molar-refractivity contribution in [2.24, 2.45) is 0 Å². The van der Waals surface area contributed by atoms with E-state index in [0.717, 1.165) is 50.7 Å². The summed E-state index contributed by atoms with van der Waals surface area (Å²) in [4.78, 5) is 18.1. The number of nitrogens with zero attached hydrogens (tertiary/aromatic N) is 2. The maximum Gasteiger partial charge on any atom is 0.275 e. The number of hydrogen-bond donors (Lipinski definition) is 2. The molecule has 3 rings (SSSR count). The summed E-state index contributed by atoms with van der Waals surface area (Å²) in [6.07, 6.45) is 0.939. The summed E-state index contributed by atoms with van der Waals surface area (Å²) in [6, 6.07) is 18.3. The summed E-state index contributed by atoms with van der Waals surface area (Å²) < 4.78 is 0. The van der Waals surface area contributed by atoms with Crippen LogP contribution in [0.4, 0.5) is 11.4 Å². The van der Waals surface area contributed by atoms with Crippen molar-refractivity contribution in [2.75, 3.05) is 62.7 Å². The Kier molecular flexibility index (Phi) is 7.57. The van der Waals surface area contributed by atoms with Crippen LogP contribution in [0.1, 0.15) is 6.42 Å². The average Bonchev–Trinajstić information content (AvgIpc) is 2.72. The number of carbonyl (C=O) groups is 1. The van der Waals surface area contributed by atoms with Gasteiger partial charge in [0.2, 0.25) is 0 Å². The van der Waals surface area contributed by atoms with Gasteiger partial charge in [-0.3, -0.25) is 4.79 Å². The zero-order valence-electron chi connectivity index (χ0n) is 16.5. The number of amides is 1. The minimum absolute atomic E-state index is 0.147. The molecule has 0 bridgehead atoms. The third-order valence-corrected chi connectivity index (χ3v) is 5.48. The Balaban J connectivity index is 1.31. The Morgan fingerprint density at radius 3 is 2.61 bits per heavy atom. The molecule has 6 heteroatoms. The quantitative estimate of drug-likeness (QED) is 0.661. The van der Waals surface area contributed by atoms with E-state index in [0.29, 0.717) is 6.54 Å². The van der Waals surface area contributed by atoms with Crippen LogP contribution in [0.5, 0.6) is 0 Å². The number of hydrogen-bond acceptors (Lipinski definition) is 3. The van der Waals surface area contributed by atoms with Crippen molar-refractivity contribution in [3.05, 3.63) is 59.6 Å². The summed E-state index contributed by atoms with van der Waals surface area (Å²) in [5.74, 6) is 0.147. The topological polar surface area (TPSA) is 40.0 Å². The van der Waals surface area contributed by atoms with Crippen molar-refractivity contribution in [3.8, 4) is 0 Å². The first-order valence-corrected chi connectivity index (χ1v) is 10.4. The van der Waals surface area contributed by atoms with E-state index in [1.54, 1.807) is 0 Å². The third kappa shape index (κ3) is 6.14. The van der Waals surface area contributed by atoms with E-state index < -0.39 is 0 Å². The standard InChI is InChI=1S/C22H29ClN4O/c1-25(20-8-3-2-4-9-20)12-6-11-24-22(28)18-26-13-15-27(16-14-26)21-10-5-7-19(23)17-21/h2-5,7-10,17H,6,11-16,18H2,1H3,(H,24,28)/p+1. The minimum Gasteiger partial charge on any atom is -0.375 e. The molecule has 0 unspecified atom stereocenters. The Bertz CT molecular complexity index is 747. The number of para-hydroxylation sites is 1. The van der Waals surface area contributed by atoms with Crippen molar-refractivity contribution < 1.29 is 9.69 Å². The van der Waals surface area contributed by atoms with Crippen molar-refractivity contribution in [2.45, 2.75) is 6.42 Å². The molecule has 0 saturated carbocycles. The van der Waals surface area contributed by atoms with E-state index in [1.807, 2.05) is 36.4 Å². The summed E-state index contributed by atoms with van der Waals surface area (Å²) in [6.45, 7) is 6.04. The van der Waals surface area contributed by atoms with E-state index in [4.69, 9.17) is 11.6 Å². The number of piperazine rings is 1. The van der Waals surface area contributed by atoms with Gasteiger partial charge in [0.15, 0.2) is 6.54 Å². The van der Waals surface area contributed by atoms with E-state index in [9.17, 15) is 4.79 Å². The largest absolute Gasteiger partial charge is 0.375 e. The molecule has 0 radical (unpaired) electrons. The van der Waals surface area contributed by atoms with Crippen LogP contribution in [0.3, 0.4) is 0 Å². The minimum atomic E-state index is 0.147. The number of halogens is 1. The fourth-order valence-corrected chi connectivity index (χ4v) is 3.76. The molecule has 5 nitrogen and oxygen atoms in total. The summed E-state index contributed by atoms with van der Waals surface area (Å²) >= 11 is 6.09. The first kappa shape index (κ1) is 20.5. The molecule has 1 fully saturated rings. The molecule has 1 saturated heterocycles. The zero-order valence-corrected chi connectivity index (χ0v) is 17.3. The third-order valence-electron chi connectivity index (χ3n) is 5.24. The second kappa shape index (κ2) is 10.3. The van der Waals surface area contributed by atoms with Crippen LogP contribution in [-0.2, 0) is 4.79 Å². The van der Waals surface area contributed by atoms with Gasteiger partial charge in [-0.25, -0.2) is 0 Å². The average molecular weight is 402 g/mol. The molecule has 0 atom stereocenters. The number of anilines is 2. The molecule has 1 amide bonds. The van der Waals surface area contributed by atoms with Crippen LogP contribution in [0.2, 0.25) is 5.02 Å². The molecule has 2 aromatic rings. The van der Waals surface area contributed by atoms with Gasteiger partial charge in [0.05, 0.1) is 26.2 Å². The fraction of sp³-hybridized carbons (Fsp3) is 0.409. The number of nitrogens with one attached hydrogen (secondary N) is 2. The van der Waals surface area contributed by atoms with Gasteiger partial charge in [-0.05, 0) is 36.8 Å². The van der Waals surface area contributed by atoms with Gasteiger partial charge in [0.25, 0.3) is 5.91 Å². The number of carbonyl (C=O) groups excluding carboxylic acids is 1. The lowest BCUT2D eigenvalue weighted by Crippen LogP contribution is -3.15. The molecular formula is C22H30ClN4O+. The highest BCUT2D eigenvalue weighted by Crippen LogP contribution is 2.19. The number of quaternary nitrogens is 1. The van der Waals surface area contributed by atoms with Crippen molar-refractivity contribution in [1.82, 2.24) is 5.32 Å². The molecule has 28 heavy (non-hydrogen) atoms. The van der Waals surface area contributed by atoms with Gasteiger partial charge in [-0.15, -0.1) is 0 Å². The summed E-state index contributed by atoms with van der Waals surface area (Å²) in [7, 11) is 2.08. The summed E-state index contributed by atoms with van der Waals surface area (Å²) in [5, 5.41) is 3.84. The molecule has 0 aromatic heterocycles. The number of benzene rings is 2. The molecule has 1 aliphatic heterocycles. The Morgan fingerprint density at radius 1 is 1.14 bits per heavy atom. The Hall–Kier alpha value is -2.24. The first-order valence-electron chi connectivity index (χ1n) is 9.99. The summed E-state index contributed by atoms with van der Waals surface area (Å²) in [5.41, 5.74) is 2.37. The molecule has 2 aromatic carbocycles. The van der Waals surface area contributed by atoms with Crippen molar-refractivity contribution >= 4 is 28.9 Å². The maximum absolute atomic E-state index is 12.2. The SMILES string of the molecule is CN(CCCNC(=O)C[NH+]1CCN(c2cccc(Cl)c2)CC1)c1ccccc1. The molecule has 0 aliphatic carbocycles. The van der Waals surface area contributed by atoms with Crippen LogP contribution < -0.4 is 20.0 Å². The van der Waals surface area contributed by atoms with E-state index in [1.165, 1.54) is 16.3 Å². The van der Waals surface area contributed by atoms with E-state index >= 15 is 0 Å². The van der Waals surface area contributed by atoms with Gasteiger partial charge in [0, 0.05) is 36.5 Å².